The summed E-state index contributed by atoms with van der Waals surface area (Å²) in [4.78, 5) is 32.6. The number of alkyl halides is 5. The number of rotatable bonds is 9. The van der Waals surface area contributed by atoms with Gasteiger partial charge in [-0.15, -0.1) is 11.3 Å². The summed E-state index contributed by atoms with van der Waals surface area (Å²) in [5, 5.41) is 14.5. The molecule has 2 aromatic rings. The second kappa shape index (κ2) is 15.0. The lowest BCUT2D eigenvalue weighted by Gasteiger charge is -2.22. The molecule has 1 saturated carbocycles. The third-order valence-corrected chi connectivity index (χ3v) is 7.77. The first-order valence-electron chi connectivity index (χ1n) is 13.9. The molecule has 2 unspecified atom stereocenters. The number of pyridine rings is 1. The van der Waals surface area contributed by atoms with Gasteiger partial charge in [0.25, 0.3) is 12.3 Å². The van der Waals surface area contributed by atoms with Gasteiger partial charge in [0.1, 0.15) is 11.9 Å². The number of hydrogen-bond acceptors (Lipinski definition) is 7. The monoisotopic (exact) mass is 621 g/mol. The van der Waals surface area contributed by atoms with Crippen molar-refractivity contribution in [3.8, 4) is 10.4 Å². The molecule has 1 saturated heterocycles. The highest BCUT2D eigenvalue weighted by molar-refractivity contribution is 7.17. The van der Waals surface area contributed by atoms with E-state index in [1.54, 1.807) is 0 Å². The zero-order valence-corrected chi connectivity index (χ0v) is 25.5. The second-order valence-corrected chi connectivity index (χ2v) is 11.7. The maximum absolute atomic E-state index is 13.8. The summed E-state index contributed by atoms with van der Waals surface area (Å²) in [6.07, 6.45) is -2.30. The number of nitrogens with zero attached hydrogens (tertiary/aromatic N) is 3. The molecular formula is C28H40F5N5O3S. The number of carbonyl (C=O) groups is 2. The molecular weight excluding hydrogens is 581 g/mol. The number of carbonyl (C=O) groups excluding carboxylic acids is 2. The molecule has 42 heavy (non-hydrogen) atoms. The first-order chi connectivity index (χ1) is 19.6. The van der Waals surface area contributed by atoms with Gasteiger partial charge in [0.15, 0.2) is 5.01 Å². The quantitative estimate of drug-likeness (QED) is 0.222. The van der Waals surface area contributed by atoms with Crippen LogP contribution in [0.4, 0.5) is 27.8 Å². The van der Waals surface area contributed by atoms with Crippen LogP contribution in [-0.2, 0) is 4.79 Å². The van der Waals surface area contributed by atoms with E-state index in [1.165, 1.54) is 33.6 Å². The molecule has 236 valence electrons. The Morgan fingerprint density at radius 1 is 1.24 bits per heavy atom. The fraction of sp³-hybridized carbons (Fsp3) is 0.643. The van der Waals surface area contributed by atoms with Crippen LogP contribution >= 0.6 is 11.3 Å². The number of anilines is 1. The molecule has 0 bridgehead atoms. The van der Waals surface area contributed by atoms with E-state index in [-0.39, 0.29) is 27.8 Å². The van der Waals surface area contributed by atoms with Gasteiger partial charge in [-0.2, -0.15) is 13.2 Å². The molecule has 2 aromatic heterocycles. The number of amides is 2. The van der Waals surface area contributed by atoms with Gasteiger partial charge in [-0.1, -0.05) is 13.8 Å². The van der Waals surface area contributed by atoms with E-state index < -0.39 is 41.6 Å². The number of halogens is 5. The lowest BCUT2D eigenvalue weighted by molar-refractivity contribution is -0.146. The smallest absolute Gasteiger partial charge is 0.389 e. The van der Waals surface area contributed by atoms with Crippen molar-refractivity contribution in [2.75, 3.05) is 18.4 Å². The number of aromatic nitrogens is 2. The highest BCUT2D eigenvalue weighted by Gasteiger charge is 2.49. The standard InChI is InChI=1S/C20H23F5N4O2S.C6H11NO.C2H6/c1-9-14(32-18(28-9)17(30)27-8-19(2,3)31)12-7-26-13(6-11(12)16(21)22)29-15(10-4-5-10)20(23,24)25;1-6-3-2-4-7(6)5-8;1-2/h6-7,10,15-16,31H,4-5,8H2,1-3H3,(H,26,29)(H,27,30);5-6H,2-4H2,1H3;1-2H3. The Labute approximate surface area is 247 Å². The van der Waals surface area contributed by atoms with Crippen molar-refractivity contribution < 1.29 is 36.6 Å². The van der Waals surface area contributed by atoms with Gasteiger partial charge < -0.3 is 20.6 Å². The van der Waals surface area contributed by atoms with Crippen LogP contribution in [0, 0.1) is 12.8 Å². The van der Waals surface area contributed by atoms with Crippen molar-refractivity contribution in [2.24, 2.45) is 5.92 Å². The van der Waals surface area contributed by atoms with E-state index in [1.807, 2.05) is 18.7 Å². The molecule has 1 aliphatic carbocycles. The topological polar surface area (TPSA) is 107 Å². The van der Waals surface area contributed by atoms with Crippen molar-refractivity contribution >= 4 is 29.5 Å². The average molecular weight is 622 g/mol. The van der Waals surface area contributed by atoms with Crippen LogP contribution in [0.5, 0.6) is 0 Å². The summed E-state index contributed by atoms with van der Waals surface area (Å²) < 4.78 is 67.4. The van der Waals surface area contributed by atoms with Gasteiger partial charge in [0, 0.05) is 36.5 Å². The average Bonchev–Trinajstić information content (AvgIpc) is 3.55. The predicted octanol–water partition coefficient (Wildman–Crippen LogP) is 6.36. The van der Waals surface area contributed by atoms with E-state index in [2.05, 4.69) is 27.5 Å². The van der Waals surface area contributed by atoms with Crippen LogP contribution in [0.1, 0.15) is 87.8 Å². The molecule has 3 heterocycles. The van der Waals surface area contributed by atoms with Crippen molar-refractivity contribution in [1.82, 2.24) is 20.2 Å². The van der Waals surface area contributed by atoms with E-state index in [9.17, 15) is 36.6 Å². The van der Waals surface area contributed by atoms with E-state index in [0.717, 1.165) is 36.6 Å². The van der Waals surface area contributed by atoms with Gasteiger partial charge in [0.05, 0.1) is 16.2 Å². The van der Waals surface area contributed by atoms with Gasteiger partial charge >= 0.3 is 6.18 Å². The first kappa shape index (κ1) is 35.3. The summed E-state index contributed by atoms with van der Waals surface area (Å²) in [5.74, 6) is -1.46. The van der Waals surface area contributed by atoms with Crippen molar-refractivity contribution in [1.29, 1.82) is 0 Å². The van der Waals surface area contributed by atoms with Crippen LogP contribution < -0.4 is 10.6 Å². The molecule has 14 heteroatoms. The van der Waals surface area contributed by atoms with Crippen LogP contribution in [0.15, 0.2) is 12.3 Å². The van der Waals surface area contributed by atoms with Gasteiger partial charge in [-0.3, -0.25) is 9.59 Å². The summed E-state index contributed by atoms with van der Waals surface area (Å²) in [5.41, 5.74) is -1.35. The van der Waals surface area contributed by atoms with Gasteiger partial charge in [0.2, 0.25) is 6.41 Å². The molecule has 2 aliphatic rings. The molecule has 1 aliphatic heterocycles. The number of aliphatic hydroxyl groups is 1. The predicted molar refractivity (Wildman–Crippen MR) is 153 cm³/mol. The minimum absolute atomic E-state index is 0.00271. The van der Waals surface area contributed by atoms with E-state index in [4.69, 9.17) is 0 Å². The second-order valence-electron chi connectivity index (χ2n) is 10.7. The minimum Gasteiger partial charge on any atom is -0.389 e. The lowest BCUT2D eigenvalue weighted by atomic mass is 10.1. The maximum atomic E-state index is 13.8. The van der Waals surface area contributed by atoms with Gasteiger partial charge in [-0.25, -0.2) is 18.7 Å². The summed E-state index contributed by atoms with van der Waals surface area (Å²) >= 11 is 0.863. The molecule has 3 N–H and O–H groups in total. The molecule has 0 aromatic carbocycles. The first-order valence-corrected chi connectivity index (χ1v) is 14.7. The van der Waals surface area contributed by atoms with Crippen LogP contribution in [0.2, 0.25) is 0 Å². The normalized spacial score (nSPS) is 17.5. The number of nitrogens with one attached hydrogen (secondary N) is 2. The maximum Gasteiger partial charge on any atom is 0.408 e. The Balaban J connectivity index is 0.000000525. The molecule has 4 rings (SSSR count). The molecule has 0 spiro atoms. The number of likely N-dealkylation sites (tertiary alicyclic amines) is 1. The highest BCUT2D eigenvalue weighted by Crippen LogP contribution is 2.42. The zero-order valence-electron chi connectivity index (χ0n) is 24.7. The summed E-state index contributed by atoms with van der Waals surface area (Å²) in [6, 6.07) is -0.441. The molecule has 2 amide bonds. The van der Waals surface area contributed by atoms with Crippen LogP contribution in [0.3, 0.4) is 0 Å². The van der Waals surface area contributed by atoms with Crippen molar-refractivity contribution in [2.45, 2.75) is 97.5 Å². The Kier molecular flexibility index (Phi) is 12.6. The Bertz CT molecular complexity index is 1180. The SMILES string of the molecule is CC.CC1CCCN1C=O.Cc1nc(C(=O)NCC(C)(C)O)sc1-c1cnc(NC(C2CC2)C(F)(F)F)cc1C(F)F. The largest absolute Gasteiger partial charge is 0.408 e. The fourth-order valence-electron chi connectivity index (χ4n) is 4.20. The van der Waals surface area contributed by atoms with E-state index >= 15 is 0 Å². The van der Waals surface area contributed by atoms with E-state index in [0.29, 0.717) is 24.6 Å². The van der Waals surface area contributed by atoms with Crippen LogP contribution in [0.25, 0.3) is 10.4 Å². The summed E-state index contributed by atoms with van der Waals surface area (Å²) in [7, 11) is 0. The van der Waals surface area contributed by atoms with Crippen LogP contribution in [-0.4, -0.2) is 69.2 Å². The highest BCUT2D eigenvalue weighted by atomic mass is 32.1. The fourth-order valence-corrected chi connectivity index (χ4v) is 5.22. The lowest BCUT2D eigenvalue weighted by Crippen LogP contribution is -2.38. The Morgan fingerprint density at radius 3 is 2.33 bits per heavy atom. The molecule has 2 fully saturated rings. The minimum atomic E-state index is -4.52. The Hall–Kier alpha value is -2.87. The summed E-state index contributed by atoms with van der Waals surface area (Å²) in [6.45, 7) is 11.6. The zero-order chi connectivity index (χ0) is 31.8. The third kappa shape index (κ3) is 10.1. The number of aryl methyl sites for hydroxylation is 1. The molecule has 0 radical (unpaired) electrons. The van der Waals surface area contributed by atoms with Crippen molar-refractivity contribution in [3.05, 3.63) is 28.5 Å². The number of hydrogen-bond donors (Lipinski definition) is 3. The van der Waals surface area contributed by atoms with Gasteiger partial charge in [-0.05, 0) is 65.4 Å². The van der Waals surface area contributed by atoms with Crippen molar-refractivity contribution in [3.63, 3.8) is 0 Å². The molecule has 2 atom stereocenters. The number of thiazole rings is 1. The third-order valence-electron chi connectivity index (χ3n) is 6.58. The molecule has 8 nitrogen and oxygen atoms in total. The Morgan fingerprint density at radius 2 is 1.88 bits per heavy atom.